The molecule has 2 aromatic rings. The summed E-state index contributed by atoms with van der Waals surface area (Å²) >= 11 is 17.7. The third kappa shape index (κ3) is 4.24. The molecule has 2 aliphatic carbocycles. The largest absolute Gasteiger partial charge is 0.463 e. The summed E-state index contributed by atoms with van der Waals surface area (Å²) in [6.45, 7) is 1.99. The molecule has 1 aromatic heterocycles. The Morgan fingerprint density at radius 2 is 1.68 bits per heavy atom. The van der Waals surface area contributed by atoms with Crippen molar-refractivity contribution in [3.63, 3.8) is 0 Å². The van der Waals surface area contributed by atoms with Crippen molar-refractivity contribution >= 4 is 62.8 Å². The number of nitrogens with zero attached hydrogens (tertiary/aromatic N) is 3. The minimum Gasteiger partial charge on any atom is -0.463 e. The summed E-state index contributed by atoms with van der Waals surface area (Å²) in [5.41, 5.74) is 1.81. The van der Waals surface area contributed by atoms with E-state index in [1.165, 1.54) is 10.5 Å². The van der Waals surface area contributed by atoms with Crippen LogP contribution in [0.5, 0.6) is 0 Å². The highest BCUT2D eigenvalue weighted by Crippen LogP contribution is 2.65. The van der Waals surface area contributed by atoms with Gasteiger partial charge >= 0.3 is 0 Å². The average Bonchev–Trinajstić information content (AvgIpc) is 3.64. The number of fused-ring (bicyclic) bond motifs is 4. The van der Waals surface area contributed by atoms with Crippen LogP contribution < -0.4 is 0 Å². The standard InChI is InChI=1S/C32H32BrCl2N3O6/c33-17-37-29(42)31(34)14-23-21(26(32(31,35)30(37)43)24-9-6-20(16-39)44-24)7-8-22-25(23)28(41)38(27(22)40)19-10-12-36(13-11-19)15-18-4-2-1-3-5-18/h1-7,9,19,22-23,25-26,39H,8,10-17H2/t22-,23+,25-,26+,31+,32-/m0/s1. The first-order valence-electron chi connectivity index (χ1n) is 15.0. The second-order valence-electron chi connectivity index (χ2n) is 12.5. The van der Waals surface area contributed by atoms with E-state index in [1.807, 2.05) is 24.3 Å². The van der Waals surface area contributed by atoms with Crippen molar-refractivity contribution in [2.24, 2.45) is 17.8 Å². The fourth-order valence-corrected chi connectivity index (χ4v) is 9.67. The minimum absolute atomic E-state index is 0.0639. The summed E-state index contributed by atoms with van der Waals surface area (Å²) in [4.78, 5) is 56.7. The predicted molar refractivity (Wildman–Crippen MR) is 165 cm³/mol. The molecule has 0 spiro atoms. The normalized spacial score (nSPS) is 34.3. The number of alkyl halides is 3. The SMILES string of the molecule is O=C1[C@H]2[C@H](CC=C3[C@H]2C[C@@]2(Cl)C(=O)N(CBr)C(=O)[C@@]2(Cl)[C@H]3c2ccc(CO)o2)C(=O)N1C1CCN(Cc2ccccc2)CC1. The topological polar surface area (TPSA) is 111 Å². The number of carbonyl (C=O) groups is 4. The second-order valence-corrected chi connectivity index (χ2v) is 14.2. The Labute approximate surface area is 273 Å². The molecule has 1 N–H and O–H groups in total. The molecular weight excluding hydrogens is 673 g/mol. The van der Waals surface area contributed by atoms with Crippen LogP contribution in [0.4, 0.5) is 0 Å². The quantitative estimate of drug-likeness (QED) is 0.208. The summed E-state index contributed by atoms with van der Waals surface area (Å²) in [6.07, 6.45) is 3.51. The van der Waals surface area contributed by atoms with Crippen molar-refractivity contribution in [3.8, 4) is 0 Å². The average molecular weight is 705 g/mol. The zero-order chi connectivity index (χ0) is 31.0. The van der Waals surface area contributed by atoms with Gasteiger partial charge < -0.3 is 9.52 Å². The van der Waals surface area contributed by atoms with Crippen molar-refractivity contribution < 1.29 is 28.7 Å². The van der Waals surface area contributed by atoms with Gasteiger partial charge in [0.1, 0.15) is 18.1 Å². The Bertz CT molecular complexity index is 1560. The van der Waals surface area contributed by atoms with Crippen LogP contribution in [0.25, 0.3) is 0 Å². The summed E-state index contributed by atoms with van der Waals surface area (Å²) in [5.74, 6) is -4.05. The Morgan fingerprint density at radius 1 is 0.955 bits per heavy atom. The molecule has 6 atom stereocenters. The molecule has 1 saturated carbocycles. The van der Waals surface area contributed by atoms with Crippen molar-refractivity contribution in [1.29, 1.82) is 0 Å². The van der Waals surface area contributed by atoms with Gasteiger partial charge in [-0.2, -0.15) is 0 Å². The highest BCUT2D eigenvalue weighted by Gasteiger charge is 2.77. The van der Waals surface area contributed by atoms with Crippen LogP contribution in [0.15, 0.2) is 58.5 Å². The Balaban J connectivity index is 1.20. The molecule has 4 amide bonds. The van der Waals surface area contributed by atoms with E-state index in [-0.39, 0.29) is 47.9 Å². The first kappa shape index (κ1) is 30.2. The van der Waals surface area contributed by atoms with Crippen LogP contribution in [0.3, 0.4) is 0 Å². The maximum absolute atomic E-state index is 14.3. The lowest BCUT2D eigenvalue weighted by molar-refractivity contribution is -0.144. The molecule has 12 heteroatoms. The number of aliphatic hydroxyl groups excluding tert-OH is 1. The number of amides is 4. The molecule has 5 aliphatic rings. The molecule has 0 radical (unpaired) electrons. The summed E-state index contributed by atoms with van der Waals surface area (Å²) in [6, 6.07) is 13.2. The van der Waals surface area contributed by atoms with Crippen LogP contribution in [0.2, 0.25) is 0 Å². The van der Waals surface area contributed by atoms with E-state index >= 15 is 0 Å². The summed E-state index contributed by atoms with van der Waals surface area (Å²) in [5, 5.41) is 9.69. The number of aliphatic hydroxyl groups is 1. The first-order chi connectivity index (χ1) is 21.1. The van der Waals surface area contributed by atoms with Gasteiger partial charge in [0.2, 0.25) is 11.8 Å². The Kier molecular flexibility index (Phi) is 7.60. The van der Waals surface area contributed by atoms with Gasteiger partial charge in [0.15, 0.2) is 9.75 Å². The van der Waals surface area contributed by atoms with Gasteiger partial charge in [-0.05, 0) is 49.3 Å². The van der Waals surface area contributed by atoms with Crippen molar-refractivity contribution in [2.45, 2.75) is 60.5 Å². The number of rotatable bonds is 6. The lowest BCUT2D eigenvalue weighted by atomic mass is 9.57. The molecule has 232 valence electrons. The number of hydrogen-bond donors (Lipinski definition) is 1. The maximum Gasteiger partial charge on any atom is 0.254 e. The van der Waals surface area contributed by atoms with Gasteiger partial charge in [-0.3, -0.25) is 33.9 Å². The zero-order valence-electron chi connectivity index (χ0n) is 23.8. The van der Waals surface area contributed by atoms with Crippen LogP contribution in [-0.2, 0) is 32.3 Å². The number of hydrogen-bond acceptors (Lipinski definition) is 7. The molecule has 9 nitrogen and oxygen atoms in total. The maximum atomic E-state index is 14.3. The number of imide groups is 2. The second kappa shape index (κ2) is 11.1. The van der Waals surface area contributed by atoms with Crippen LogP contribution in [-0.4, -0.2) is 77.8 Å². The van der Waals surface area contributed by atoms with E-state index < -0.39 is 45.2 Å². The molecule has 3 saturated heterocycles. The lowest BCUT2D eigenvalue weighted by Crippen LogP contribution is -2.60. The van der Waals surface area contributed by atoms with E-state index in [0.717, 1.165) is 24.5 Å². The highest BCUT2D eigenvalue weighted by molar-refractivity contribution is 9.09. The zero-order valence-corrected chi connectivity index (χ0v) is 26.9. The fraction of sp³-hybridized carbons (Fsp3) is 0.500. The third-order valence-corrected chi connectivity index (χ3v) is 12.3. The van der Waals surface area contributed by atoms with Crippen molar-refractivity contribution in [2.75, 3.05) is 18.5 Å². The molecule has 44 heavy (non-hydrogen) atoms. The van der Waals surface area contributed by atoms with Gasteiger partial charge in [0, 0.05) is 25.7 Å². The van der Waals surface area contributed by atoms with E-state index in [0.29, 0.717) is 24.8 Å². The van der Waals surface area contributed by atoms with E-state index in [1.54, 1.807) is 12.1 Å². The van der Waals surface area contributed by atoms with Gasteiger partial charge in [-0.25, -0.2) is 0 Å². The van der Waals surface area contributed by atoms with E-state index in [9.17, 15) is 24.3 Å². The molecule has 0 unspecified atom stereocenters. The molecule has 4 fully saturated rings. The van der Waals surface area contributed by atoms with Crippen molar-refractivity contribution in [3.05, 3.63) is 71.2 Å². The van der Waals surface area contributed by atoms with E-state index in [4.69, 9.17) is 27.6 Å². The van der Waals surface area contributed by atoms with Crippen molar-refractivity contribution in [1.82, 2.24) is 14.7 Å². The first-order valence-corrected chi connectivity index (χ1v) is 16.8. The van der Waals surface area contributed by atoms with Crippen LogP contribution >= 0.6 is 39.1 Å². The van der Waals surface area contributed by atoms with E-state index in [2.05, 4.69) is 33.0 Å². The van der Waals surface area contributed by atoms with Gasteiger partial charge in [0.05, 0.1) is 23.2 Å². The number of likely N-dealkylation sites (tertiary alicyclic amines) is 3. The number of halogens is 3. The summed E-state index contributed by atoms with van der Waals surface area (Å²) < 4.78 is 5.93. The number of furan rings is 1. The fourth-order valence-electron chi connectivity index (χ4n) is 8.26. The Hall–Kier alpha value is -2.50. The molecule has 0 bridgehead atoms. The number of piperidine rings is 1. The number of allylic oxidation sites excluding steroid dienone is 2. The molecular formula is C32H32BrCl2N3O6. The lowest BCUT2D eigenvalue weighted by Gasteiger charge is -2.49. The predicted octanol–water partition coefficient (Wildman–Crippen LogP) is 4.15. The van der Waals surface area contributed by atoms with Crippen LogP contribution in [0, 0.1) is 17.8 Å². The monoisotopic (exact) mass is 703 g/mol. The highest BCUT2D eigenvalue weighted by atomic mass is 79.9. The minimum atomic E-state index is -1.92. The molecule has 7 rings (SSSR count). The molecule has 4 heterocycles. The molecule has 1 aromatic carbocycles. The number of carbonyl (C=O) groups excluding carboxylic acids is 4. The van der Waals surface area contributed by atoms with Crippen LogP contribution in [0.1, 0.15) is 48.7 Å². The summed E-state index contributed by atoms with van der Waals surface area (Å²) in [7, 11) is 0. The van der Waals surface area contributed by atoms with Gasteiger partial charge in [-0.1, -0.05) is 57.9 Å². The smallest absolute Gasteiger partial charge is 0.254 e. The van der Waals surface area contributed by atoms with Gasteiger partial charge in [0.25, 0.3) is 11.8 Å². The number of benzene rings is 1. The Morgan fingerprint density at radius 3 is 2.34 bits per heavy atom. The molecule has 3 aliphatic heterocycles. The van der Waals surface area contributed by atoms with Gasteiger partial charge in [-0.15, -0.1) is 23.2 Å². The third-order valence-electron chi connectivity index (χ3n) is 10.3.